The molecule has 0 saturated heterocycles. The van der Waals surface area contributed by atoms with E-state index in [2.05, 4.69) is 5.32 Å². The smallest absolute Gasteiger partial charge is 0.407 e. The lowest BCUT2D eigenvalue weighted by Crippen LogP contribution is -2.49. The van der Waals surface area contributed by atoms with E-state index in [0.29, 0.717) is 0 Å². The number of fused-ring (bicyclic) bond motifs is 3. The van der Waals surface area contributed by atoms with Crippen LogP contribution in [-0.2, 0) is 9.53 Å². The highest BCUT2D eigenvalue weighted by atomic mass is 19.1. The molecular formula is C21H22FNO4. The highest BCUT2D eigenvalue weighted by molar-refractivity contribution is 5.80. The zero-order valence-corrected chi connectivity index (χ0v) is 15.2. The quantitative estimate of drug-likeness (QED) is 0.806. The molecule has 1 unspecified atom stereocenters. The Labute approximate surface area is 157 Å². The van der Waals surface area contributed by atoms with Crippen molar-refractivity contribution >= 4 is 12.1 Å². The van der Waals surface area contributed by atoms with Crippen LogP contribution in [0.4, 0.5) is 9.18 Å². The zero-order valence-electron chi connectivity index (χ0n) is 15.2. The maximum atomic E-state index is 14.5. The lowest BCUT2D eigenvalue weighted by molar-refractivity contribution is -0.153. The van der Waals surface area contributed by atoms with Crippen LogP contribution in [-0.4, -0.2) is 36.0 Å². The fraction of sp³-hybridized carbons (Fsp3) is 0.333. The Morgan fingerprint density at radius 3 is 2.11 bits per heavy atom. The van der Waals surface area contributed by atoms with Crippen LogP contribution in [0.5, 0.6) is 0 Å². The second kappa shape index (κ2) is 7.39. The molecule has 1 aliphatic carbocycles. The third kappa shape index (κ3) is 3.52. The van der Waals surface area contributed by atoms with Gasteiger partial charge in [0.25, 0.3) is 0 Å². The molecule has 1 atom stereocenters. The summed E-state index contributed by atoms with van der Waals surface area (Å²) in [6.07, 6.45) is -0.833. The summed E-state index contributed by atoms with van der Waals surface area (Å²) in [5.41, 5.74) is 1.82. The van der Waals surface area contributed by atoms with E-state index in [1.165, 1.54) is 13.8 Å². The number of carboxylic acids is 1. The largest absolute Gasteiger partial charge is 0.479 e. The number of amides is 1. The number of aliphatic carboxylic acids is 1. The fourth-order valence-electron chi connectivity index (χ4n) is 3.38. The van der Waals surface area contributed by atoms with Crippen molar-refractivity contribution in [1.29, 1.82) is 0 Å². The van der Waals surface area contributed by atoms with E-state index in [-0.39, 0.29) is 12.5 Å². The third-order valence-electron chi connectivity index (χ3n) is 5.10. The summed E-state index contributed by atoms with van der Waals surface area (Å²) < 4.78 is 19.7. The first-order valence-electron chi connectivity index (χ1n) is 8.85. The van der Waals surface area contributed by atoms with Gasteiger partial charge < -0.3 is 15.2 Å². The van der Waals surface area contributed by atoms with Crippen LogP contribution in [0.3, 0.4) is 0 Å². The molecule has 2 N–H and O–H groups in total. The molecule has 0 radical (unpaired) electrons. The normalized spacial score (nSPS) is 15.0. The van der Waals surface area contributed by atoms with Crippen molar-refractivity contribution in [3.63, 3.8) is 0 Å². The Balaban J connectivity index is 1.67. The van der Waals surface area contributed by atoms with Gasteiger partial charge >= 0.3 is 12.1 Å². The van der Waals surface area contributed by atoms with Crippen LogP contribution in [0, 0.1) is 5.92 Å². The van der Waals surface area contributed by atoms with Gasteiger partial charge in [0.15, 0.2) is 0 Å². The second-order valence-electron chi connectivity index (χ2n) is 7.00. The van der Waals surface area contributed by atoms with Crippen molar-refractivity contribution in [2.45, 2.75) is 25.4 Å². The second-order valence-corrected chi connectivity index (χ2v) is 7.00. The number of ether oxygens (including phenoxy) is 1. The Hall–Kier alpha value is -2.89. The van der Waals surface area contributed by atoms with Crippen molar-refractivity contribution in [1.82, 2.24) is 5.32 Å². The molecule has 1 aliphatic rings. The molecule has 0 saturated carbocycles. The maximum Gasteiger partial charge on any atom is 0.407 e. The van der Waals surface area contributed by atoms with Crippen LogP contribution < -0.4 is 5.32 Å². The van der Waals surface area contributed by atoms with Gasteiger partial charge in [-0.05, 0) is 22.3 Å². The van der Waals surface area contributed by atoms with Gasteiger partial charge in [0, 0.05) is 11.8 Å². The van der Waals surface area contributed by atoms with Gasteiger partial charge in [0.2, 0.25) is 5.67 Å². The number of rotatable bonds is 6. The van der Waals surface area contributed by atoms with Gasteiger partial charge in [-0.3, -0.25) is 0 Å². The summed E-state index contributed by atoms with van der Waals surface area (Å²) >= 11 is 0. The van der Waals surface area contributed by atoms with Crippen LogP contribution in [0.2, 0.25) is 0 Å². The molecule has 142 valence electrons. The number of halogens is 1. The van der Waals surface area contributed by atoms with Gasteiger partial charge in [-0.2, -0.15) is 0 Å². The monoisotopic (exact) mass is 371 g/mol. The zero-order chi connectivity index (χ0) is 19.6. The summed E-state index contributed by atoms with van der Waals surface area (Å²) in [6, 6.07) is 15.8. The van der Waals surface area contributed by atoms with E-state index in [4.69, 9.17) is 9.84 Å². The Kier molecular flexibility index (Phi) is 5.17. The molecule has 2 aromatic carbocycles. The average molecular weight is 371 g/mol. The molecule has 0 heterocycles. The van der Waals surface area contributed by atoms with E-state index in [0.717, 1.165) is 22.3 Å². The Bertz CT molecular complexity index is 821. The van der Waals surface area contributed by atoms with Gasteiger partial charge in [0.05, 0.1) is 6.54 Å². The molecule has 3 rings (SSSR count). The van der Waals surface area contributed by atoms with E-state index in [9.17, 15) is 14.0 Å². The summed E-state index contributed by atoms with van der Waals surface area (Å²) in [5, 5.41) is 11.3. The SMILES string of the molecule is CC(C)C(F)(CNC(=O)OCC1c2ccccc2-c2ccccc21)C(=O)O. The highest BCUT2D eigenvalue weighted by Crippen LogP contribution is 2.44. The lowest BCUT2D eigenvalue weighted by atomic mass is 9.92. The number of alkyl carbamates (subject to hydrolysis) is 1. The molecule has 1 amide bonds. The fourth-order valence-corrected chi connectivity index (χ4v) is 3.38. The minimum absolute atomic E-state index is 0.0912. The lowest BCUT2D eigenvalue weighted by Gasteiger charge is -2.24. The van der Waals surface area contributed by atoms with Crippen molar-refractivity contribution in [3.05, 3.63) is 59.7 Å². The number of carbonyl (C=O) groups is 2. The number of hydrogen-bond donors (Lipinski definition) is 2. The topological polar surface area (TPSA) is 75.6 Å². The summed E-state index contributed by atoms with van der Waals surface area (Å²) in [6.45, 7) is 2.35. The van der Waals surface area contributed by atoms with Gasteiger partial charge in [-0.15, -0.1) is 0 Å². The number of carboxylic acid groups (broad SMARTS) is 1. The van der Waals surface area contributed by atoms with Gasteiger partial charge in [0.1, 0.15) is 6.61 Å². The number of alkyl halides is 1. The van der Waals surface area contributed by atoms with Crippen LogP contribution >= 0.6 is 0 Å². The van der Waals surface area contributed by atoms with E-state index in [1.807, 2.05) is 48.5 Å². The molecule has 0 fully saturated rings. The summed E-state index contributed by atoms with van der Waals surface area (Å²) in [5.74, 6) is -2.50. The number of nitrogens with one attached hydrogen (secondary N) is 1. The standard InChI is InChI=1S/C21H22FNO4/c1-13(2)21(22,19(24)25)12-23-20(26)27-11-18-16-9-5-3-7-14(16)15-8-4-6-10-17(15)18/h3-10,13,18H,11-12H2,1-2H3,(H,23,26)(H,24,25). The minimum atomic E-state index is -2.54. The van der Waals surface area contributed by atoms with E-state index in [1.54, 1.807) is 0 Å². The minimum Gasteiger partial charge on any atom is -0.479 e. The third-order valence-corrected chi connectivity index (χ3v) is 5.10. The molecule has 6 heteroatoms. The van der Waals surface area contributed by atoms with Crippen LogP contribution in [0.25, 0.3) is 11.1 Å². The van der Waals surface area contributed by atoms with Crippen molar-refractivity contribution < 1.29 is 23.8 Å². The van der Waals surface area contributed by atoms with E-state index < -0.39 is 30.2 Å². The molecular weight excluding hydrogens is 349 g/mol. The summed E-state index contributed by atoms with van der Waals surface area (Å²) in [4.78, 5) is 23.2. The van der Waals surface area contributed by atoms with E-state index >= 15 is 0 Å². The number of hydrogen-bond acceptors (Lipinski definition) is 3. The molecule has 27 heavy (non-hydrogen) atoms. The predicted molar refractivity (Wildman–Crippen MR) is 99.4 cm³/mol. The first kappa shape index (κ1) is 18.9. The van der Waals surface area contributed by atoms with Crippen molar-refractivity contribution in [3.8, 4) is 11.1 Å². The van der Waals surface area contributed by atoms with Gasteiger partial charge in [-0.25, -0.2) is 14.0 Å². The number of benzene rings is 2. The summed E-state index contributed by atoms with van der Waals surface area (Å²) in [7, 11) is 0. The maximum absolute atomic E-state index is 14.5. The Morgan fingerprint density at radius 1 is 1.11 bits per heavy atom. The Morgan fingerprint density at radius 2 is 1.63 bits per heavy atom. The molecule has 0 aromatic heterocycles. The van der Waals surface area contributed by atoms with Crippen LogP contribution in [0.1, 0.15) is 30.9 Å². The highest BCUT2D eigenvalue weighted by Gasteiger charge is 2.42. The van der Waals surface area contributed by atoms with Crippen molar-refractivity contribution in [2.24, 2.45) is 5.92 Å². The molecule has 5 nitrogen and oxygen atoms in total. The predicted octanol–water partition coefficient (Wildman–Crippen LogP) is 3.97. The average Bonchev–Trinajstić information content (AvgIpc) is 2.98. The molecule has 0 aliphatic heterocycles. The van der Waals surface area contributed by atoms with Crippen molar-refractivity contribution in [2.75, 3.05) is 13.2 Å². The molecule has 0 spiro atoms. The van der Waals surface area contributed by atoms with Crippen LogP contribution in [0.15, 0.2) is 48.5 Å². The molecule has 2 aromatic rings. The molecule has 0 bridgehead atoms. The first-order valence-corrected chi connectivity index (χ1v) is 8.85. The first-order chi connectivity index (χ1) is 12.8. The van der Waals surface area contributed by atoms with Gasteiger partial charge in [-0.1, -0.05) is 62.4 Å². The number of carbonyl (C=O) groups excluding carboxylic acids is 1.